The van der Waals surface area contributed by atoms with Crippen molar-refractivity contribution in [2.45, 2.75) is 26.9 Å². The zero-order chi connectivity index (χ0) is 10.7. The fourth-order valence-corrected chi connectivity index (χ4v) is 1.09. The van der Waals surface area contributed by atoms with Crippen molar-refractivity contribution in [3.63, 3.8) is 0 Å². The molecule has 1 unspecified atom stereocenters. The van der Waals surface area contributed by atoms with Crippen LogP contribution in [-0.4, -0.2) is 17.2 Å². The molecule has 0 aliphatic heterocycles. The number of rotatable bonds is 3. The highest BCUT2D eigenvalue weighted by Gasteiger charge is 2.13. The summed E-state index contributed by atoms with van der Waals surface area (Å²) in [6.45, 7) is 5.40. The summed E-state index contributed by atoms with van der Waals surface area (Å²) >= 11 is 0. The van der Waals surface area contributed by atoms with Crippen molar-refractivity contribution in [3.05, 3.63) is 29.3 Å². The molecule has 0 saturated carbocycles. The zero-order valence-electron chi connectivity index (χ0n) is 8.57. The number of benzene rings is 1. The van der Waals surface area contributed by atoms with Gasteiger partial charge in [0.05, 0.1) is 0 Å². The average molecular weight is 194 g/mol. The Morgan fingerprint density at radius 2 is 2.07 bits per heavy atom. The minimum absolute atomic E-state index is 0.639. The number of carbonyl (C=O) groups is 1. The molecule has 0 aliphatic carbocycles. The van der Waals surface area contributed by atoms with Crippen LogP contribution in [0.5, 0.6) is 5.75 Å². The van der Waals surface area contributed by atoms with E-state index >= 15 is 0 Å². The molecule has 0 aromatic heterocycles. The normalized spacial score (nSPS) is 12.2. The lowest BCUT2D eigenvalue weighted by molar-refractivity contribution is -0.144. The molecule has 0 amide bonds. The van der Waals surface area contributed by atoms with E-state index in [0.29, 0.717) is 5.75 Å². The molecular formula is C11H14O3. The minimum atomic E-state index is -0.953. The molecule has 0 aliphatic rings. The van der Waals surface area contributed by atoms with Crippen LogP contribution < -0.4 is 4.74 Å². The van der Waals surface area contributed by atoms with Crippen LogP contribution in [-0.2, 0) is 4.79 Å². The highest BCUT2D eigenvalue weighted by Crippen LogP contribution is 2.21. The molecule has 1 aromatic rings. The Bertz CT molecular complexity index is 344. The number of carboxylic acids is 1. The molecule has 1 aromatic carbocycles. The maximum atomic E-state index is 10.6. The van der Waals surface area contributed by atoms with Gasteiger partial charge < -0.3 is 9.84 Å². The molecule has 0 saturated heterocycles. The van der Waals surface area contributed by atoms with Crippen molar-refractivity contribution in [1.29, 1.82) is 0 Å². The Morgan fingerprint density at radius 1 is 1.43 bits per heavy atom. The molecule has 0 bridgehead atoms. The van der Waals surface area contributed by atoms with E-state index in [1.54, 1.807) is 6.07 Å². The van der Waals surface area contributed by atoms with Gasteiger partial charge in [0.25, 0.3) is 0 Å². The van der Waals surface area contributed by atoms with Crippen molar-refractivity contribution >= 4 is 5.97 Å². The van der Waals surface area contributed by atoms with Crippen LogP contribution in [0, 0.1) is 13.8 Å². The van der Waals surface area contributed by atoms with Gasteiger partial charge in [0, 0.05) is 0 Å². The highest BCUT2D eigenvalue weighted by atomic mass is 16.5. The van der Waals surface area contributed by atoms with Gasteiger partial charge in [-0.1, -0.05) is 12.1 Å². The van der Waals surface area contributed by atoms with Crippen molar-refractivity contribution in [2.24, 2.45) is 0 Å². The number of ether oxygens (including phenoxy) is 1. The molecule has 14 heavy (non-hydrogen) atoms. The van der Waals surface area contributed by atoms with Gasteiger partial charge in [-0.25, -0.2) is 4.79 Å². The van der Waals surface area contributed by atoms with Crippen molar-refractivity contribution in [1.82, 2.24) is 0 Å². The van der Waals surface area contributed by atoms with Crippen LogP contribution in [0.4, 0.5) is 0 Å². The molecule has 1 rings (SSSR count). The summed E-state index contributed by atoms with van der Waals surface area (Å²) < 4.78 is 5.29. The number of aryl methyl sites for hydroxylation is 1. The van der Waals surface area contributed by atoms with Crippen LogP contribution in [0.25, 0.3) is 0 Å². The third-order valence-corrected chi connectivity index (χ3v) is 2.21. The standard InChI is InChI=1S/C11H14O3/c1-7-5-4-6-10(8(7)2)14-9(3)11(12)13/h4-6,9H,1-3H3,(H,12,13). The summed E-state index contributed by atoms with van der Waals surface area (Å²) in [5, 5.41) is 8.68. The smallest absolute Gasteiger partial charge is 0.344 e. The first kappa shape index (κ1) is 10.6. The van der Waals surface area contributed by atoms with Crippen molar-refractivity contribution < 1.29 is 14.6 Å². The summed E-state index contributed by atoms with van der Waals surface area (Å²) in [6, 6.07) is 5.60. The second-order valence-electron chi connectivity index (χ2n) is 3.30. The molecule has 1 atom stereocenters. The Kier molecular flexibility index (Phi) is 3.12. The molecule has 0 heterocycles. The SMILES string of the molecule is Cc1cccc(OC(C)C(=O)O)c1C. The van der Waals surface area contributed by atoms with E-state index in [0.717, 1.165) is 11.1 Å². The van der Waals surface area contributed by atoms with Crippen LogP contribution in [0.3, 0.4) is 0 Å². The largest absolute Gasteiger partial charge is 0.479 e. The van der Waals surface area contributed by atoms with E-state index in [4.69, 9.17) is 9.84 Å². The van der Waals surface area contributed by atoms with Crippen molar-refractivity contribution in [3.8, 4) is 5.75 Å². The maximum Gasteiger partial charge on any atom is 0.344 e. The fourth-order valence-electron chi connectivity index (χ4n) is 1.09. The van der Waals surface area contributed by atoms with E-state index in [9.17, 15) is 4.79 Å². The van der Waals surface area contributed by atoms with Crippen LogP contribution in [0.2, 0.25) is 0 Å². The molecule has 3 heteroatoms. The fraction of sp³-hybridized carbons (Fsp3) is 0.364. The molecular weight excluding hydrogens is 180 g/mol. The molecule has 0 fully saturated rings. The van der Waals surface area contributed by atoms with Gasteiger partial charge in [0.1, 0.15) is 5.75 Å². The first-order valence-electron chi connectivity index (χ1n) is 4.48. The molecule has 0 spiro atoms. The Morgan fingerprint density at radius 3 is 2.64 bits per heavy atom. The lowest BCUT2D eigenvalue weighted by Gasteiger charge is -2.13. The number of hydrogen-bond acceptors (Lipinski definition) is 2. The third kappa shape index (κ3) is 2.25. The summed E-state index contributed by atoms with van der Waals surface area (Å²) in [4.78, 5) is 10.6. The summed E-state index contributed by atoms with van der Waals surface area (Å²) in [5.41, 5.74) is 2.08. The Hall–Kier alpha value is -1.51. The highest BCUT2D eigenvalue weighted by molar-refractivity contribution is 5.72. The predicted molar refractivity (Wildman–Crippen MR) is 53.6 cm³/mol. The van der Waals surface area contributed by atoms with Gasteiger partial charge >= 0.3 is 5.97 Å². The van der Waals surface area contributed by atoms with Gasteiger partial charge in [-0.15, -0.1) is 0 Å². The van der Waals surface area contributed by atoms with Crippen molar-refractivity contribution in [2.75, 3.05) is 0 Å². The minimum Gasteiger partial charge on any atom is -0.479 e. The maximum absolute atomic E-state index is 10.6. The summed E-state index contributed by atoms with van der Waals surface area (Å²) in [7, 11) is 0. The summed E-state index contributed by atoms with van der Waals surface area (Å²) in [5.74, 6) is -0.314. The topological polar surface area (TPSA) is 46.5 Å². The van der Waals surface area contributed by atoms with Gasteiger partial charge in [0.15, 0.2) is 6.10 Å². The Balaban J connectivity index is 2.87. The zero-order valence-corrected chi connectivity index (χ0v) is 8.57. The van der Waals surface area contributed by atoms with Crippen LogP contribution in [0.1, 0.15) is 18.1 Å². The van der Waals surface area contributed by atoms with E-state index in [2.05, 4.69) is 0 Å². The summed E-state index contributed by atoms with van der Waals surface area (Å²) in [6.07, 6.45) is -0.810. The molecule has 3 nitrogen and oxygen atoms in total. The monoisotopic (exact) mass is 194 g/mol. The second kappa shape index (κ2) is 4.13. The third-order valence-electron chi connectivity index (χ3n) is 2.21. The molecule has 0 radical (unpaired) electrons. The van der Waals surface area contributed by atoms with E-state index in [-0.39, 0.29) is 0 Å². The molecule has 76 valence electrons. The van der Waals surface area contributed by atoms with Crippen LogP contribution in [0.15, 0.2) is 18.2 Å². The van der Waals surface area contributed by atoms with Crippen LogP contribution >= 0.6 is 0 Å². The predicted octanol–water partition coefficient (Wildman–Crippen LogP) is 2.16. The molecule has 1 N–H and O–H groups in total. The lowest BCUT2D eigenvalue weighted by Crippen LogP contribution is -2.23. The quantitative estimate of drug-likeness (QED) is 0.802. The average Bonchev–Trinajstić information content (AvgIpc) is 2.12. The number of aliphatic carboxylic acids is 1. The Labute approximate surface area is 83.3 Å². The number of hydrogen-bond donors (Lipinski definition) is 1. The first-order valence-corrected chi connectivity index (χ1v) is 4.48. The van der Waals surface area contributed by atoms with E-state index < -0.39 is 12.1 Å². The first-order chi connectivity index (χ1) is 6.52. The van der Waals surface area contributed by atoms with Gasteiger partial charge in [0.2, 0.25) is 0 Å². The van der Waals surface area contributed by atoms with E-state index in [1.165, 1.54) is 6.92 Å². The van der Waals surface area contributed by atoms with Gasteiger partial charge in [-0.2, -0.15) is 0 Å². The number of carboxylic acid groups (broad SMARTS) is 1. The van der Waals surface area contributed by atoms with E-state index in [1.807, 2.05) is 26.0 Å². The van der Waals surface area contributed by atoms with Gasteiger partial charge in [-0.05, 0) is 38.0 Å². The second-order valence-corrected chi connectivity index (χ2v) is 3.30. The van der Waals surface area contributed by atoms with Gasteiger partial charge in [-0.3, -0.25) is 0 Å². The lowest BCUT2D eigenvalue weighted by atomic mass is 10.1.